The molecular formula is C24H36N2O7. The van der Waals surface area contributed by atoms with Crippen LogP contribution in [0.3, 0.4) is 0 Å². The lowest BCUT2D eigenvalue weighted by Gasteiger charge is -2.35. The first-order valence-corrected chi connectivity index (χ1v) is 11.4. The zero-order chi connectivity index (χ0) is 24.8. The number of carboxylic acid groups (broad SMARTS) is 1. The lowest BCUT2D eigenvalue weighted by Crippen LogP contribution is -2.53. The molecule has 0 bridgehead atoms. The molecule has 0 spiro atoms. The molecule has 1 aliphatic heterocycles. The van der Waals surface area contributed by atoms with E-state index in [4.69, 9.17) is 4.74 Å². The number of nitrogens with one attached hydrogen (secondary N) is 1. The molecule has 1 aliphatic rings. The number of aliphatic hydroxyl groups excluding tert-OH is 2. The van der Waals surface area contributed by atoms with Crippen molar-refractivity contribution in [1.29, 1.82) is 0 Å². The van der Waals surface area contributed by atoms with Gasteiger partial charge in [0.2, 0.25) is 0 Å². The number of aliphatic hydroxyl groups is 2. The number of carboxylic acids is 1. The quantitative estimate of drug-likeness (QED) is 0.317. The van der Waals surface area contributed by atoms with Crippen molar-refractivity contribution in [2.75, 3.05) is 20.1 Å². The van der Waals surface area contributed by atoms with Crippen molar-refractivity contribution < 1.29 is 34.4 Å². The predicted molar refractivity (Wildman–Crippen MR) is 122 cm³/mol. The van der Waals surface area contributed by atoms with Crippen LogP contribution >= 0.6 is 0 Å². The molecule has 0 aliphatic carbocycles. The minimum Gasteiger partial charge on any atom is -0.480 e. The summed E-state index contributed by atoms with van der Waals surface area (Å²) in [4.78, 5) is 38.1. The molecule has 9 heteroatoms. The number of rotatable bonds is 9. The van der Waals surface area contributed by atoms with Gasteiger partial charge < -0.3 is 30.3 Å². The Morgan fingerprint density at radius 2 is 1.88 bits per heavy atom. The summed E-state index contributed by atoms with van der Waals surface area (Å²) < 4.78 is 5.27. The van der Waals surface area contributed by atoms with E-state index < -0.39 is 42.0 Å². The predicted octanol–water partition coefficient (Wildman–Crippen LogP) is 1.30. The Bertz CT molecular complexity index is 844. The van der Waals surface area contributed by atoms with Crippen LogP contribution in [0.1, 0.15) is 52.0 Å². The number of aliphatic carboxylic acids is 1. The summed E-state index contributed by atoms with van der Waals surface area (Å²) in [6, 6.07) is 5.84. The monoisotopic (exact) mass is 464 g/mol. The molecule has 1 fully saturated rings. The molecule has 4 N–H and O–H groups in total. The highest BCUT2D eigenvalue weighted by molar-refractivity contribution is 5.91. The summed E-state index contributed by atoms with van der Waals surface area (Å²) in [7, 11) is 2.09. The summed E-state index contributed by atoms with van der Waals surface area (Å²) in [5.41, 5.74) is 0.937. The maximum atomic E-state index is 12.4. The molecule has 0 aromatic heterocycles. The highest BCUT2D eigenvalue weighted by atomic mass is 16.6. The molecule has 2 rings (SSSR count). The van der Waals surface area contributed by atoms with Crippen molar-refractivity contribution in [2.45, 2.75) is 70.1 Å². The Morgan fingerprint density at radius 1 is 1.18 bits per heavy atom. The second kappa shape index (κ2) is 11.6. The zero-order valence-electron chi connectivity index (χ0n) is 19.8. The van der Waals surface area contributed by atoms with Gasteiger partial charge in [-0.3, -0.25) is 4.79 Å². The maximum Gasteiger partial charge on any atom is 0.343 e. The normalized spacial score (nSPS) is 22.2. The zero-order valence-corrected chi connectivity index (χ0v) is 19.8. The number of hydrogen-bond donors (Lipinski definition) is 4. The van der Waals surface area contributed by atoms with Gasteiger partial charge in [-0.25, -0.2) is 9.59 Å². The van der Waals surface area contributed by atoms with E-state index >= 15 is 0 Å². The van der Waals surface area contributed by atoms with Gasteiger partial charge in [-0.2, -0.15) is 0 Å². The minimum atomic E-state index is -2.17. The second-order valence-corrected chi connectivity index (χ2v) is 9.24. The molecule has 0 radical (unpaired) electrons. The summed E-state index contributed by atoms with van der Waals surface area (Å²) in [6.07, 6.45) is -0.197. The van der Waals surface area contributed by atoms with Gasteiger partial charge in [0.25, 0.3) is 5.91 Å². The fourth-order valence-corrected chi connectivity index (χ4v) is 4.34. The molecule has 0 saturated carbocycles. The van der Waals surface area contributed by atoms with Crippen molar-refractivity contribution in [2.24, 2.45) is 5.92 Å². The van der Waals surface area contributed by atoms with Crippen molar-refractivity contribution in [3.8, 4) is 5.75 Å². The van der Waals surface area contributed by atoms with Crippen LogP contribution in [-0.2, 0) is 19.8 Å². The summed E-state index contributed by atoms with van der Waals surface area (Å²) in [5.74, 6) is -3.90. The number of amides is 1. The molecule has 1 aromatic carbocycles. The Hall–Kier alpha value is -2.49. The third-order valence-electron chi connectivity index (χ3n) is 6.40. The molecule has 33 heavy (non-hydrogen) atoms. The van der Waals surface area contributed by atoms with Crippen LogP contribution in [-0.4, -0.2) is 76.5 Å². The standard InChI is InChI=1S/C24H36N2O7/c1-5-24(11-6-7-12-26(4)14-24)16-9-8-10-17(13-16)33-23(32)20(28)19(27)21(29)25-18(15(2)3)22(30)31/h8-10,13,15,18-20,27-28H,5-7,11-12,14H2,1-4H3,(H,25,29)(H,30,31). The molecule has 1 amide bonds. The van der Waals surface area contributed by atoms with Crippen molar-refractivity contribution in [3.05, 3.63) is 29.8 Å². The number of carbonyl (C=O) groups excluding carboxylic acids is 2. The molecule has 4 unspecified atom stereocenters. The fourth-order valence-electron chi connectivity index (χ4n) is 4.34. The molecule has 1 saturated heterocycles. The van der Waals surface area contributed by atoms with Crippen molar-refractivity contribution in [1.82, 2.24) is 10.2 Å². The van der Waals surface area contributed by atoms with Gasteiger partial charge in [-0.1, -0.05) is 39.3 Å². The van der Waals surface area contributed by atoms with E-state index in [1.807, 2.05) is 6.07 Å². The van der Waals surface area contributed by atoms with Crippen LogP contribution in [0.15, 0.2) is 24.3 Å². The number of likely N-dealkylation sites (N-methyl/N-ethyl adjacent to an activating group) is 1. The van der Waals surface area contributed by atoms with Crippen LogP contribution in [0.2, 0.25) is 0 Å². The van der Waals surface area contributed by atoms with E-state index in [9.17, 15) is 29.7 Å². The molecule has 1 aromatic rings. The number of nitrogens with zero attached hydrogens (tertiary/aromatic N) is 1. The number of benzene rings is 1. The first kappa shape index (κ1) is 26.8. The van der Waals surface area contributed by atoms with Gasteiger partial charge in [-0.05, 0) is 56.5 Å². The lowest BCUT2D eigenvalue weighted by molar-refractivity contribution is -0.157. The topological polar surface area (TPSA) is 136 Å². The average Bonchev–Trinajstić information content (AvgIpc) is 2.97. The third-order valence-corrected chi connectivity index (χ3v) is 6.40. The Morgan fingerprint density at radius 3 is 2.48 bits per heavy atom. The molecule has 184 valence electrons. The molecule has 4 atom stereocenters. The third kappa shape index (κ3) is 6.75. The summed E-state index contributed by atoms with van der Waals surface area (Å²) in [5, 5.41) is 31.5. The maximum absolute atomic E-state index is 12.4. The van der Waals surface area contributed by atoms with Crippen LogP contribution in [0, 0.1) is 5.92 Å². The number of carbonyl (C=O) groups is 3. The Kier molecular flexibility index (Phi) is 9.39. The fraction of sp³-hybridized carbons (Fsp3) is 0.625. The number of esters is 1. The van der Waals surface area contributed by atoms with E-state index in [0.29, 0.717) is 0 Å². The van der Waals surface area contributed by atoms with Crippen molar-refractivity contribution in [3.63, 3.8) is 0 Å². The van der Waals surface area contributed by atoms with Crippen LogP contribution in [0.4, 0.5) is 0 Å². The number of ether oxygens (including phenoxy) is 1. The van der Waals surface area contributed by atoms with Crippen LogP contribution < -0.4 is 10.1 Å². The van der Waals surface area contributed by atoms with Crippen LogP contribution in [0.5, 0.6) is 5.75 Å². The number of likely N-dealkylation sites (tertiary alicyclic amines) is 1. The van der Waals surface area contributed by atoms with Crippen molar-refractivity contribution >= 4 is 17.8 Å². The second-order valence-electron chi connectivity index (χ2n) is 9.24. The Balaban J connectivity index is 2.12. The number of hydrogen-bond acceptors (Lipinski definition) is 7. The Labute approximate surface area is 194 Å². The van der Waals surface area contributed by atoms with E-state index in [1.165, 1.54) is 0 Å². The first-order valence-electron chi connectivity index (χ1n) is 11.4. The molecule has 9 nitrogen and oxygen atoms in total. The van der Waals surface area contributed by atoms with Crippen LogP contribution in [0.25, 0.3) is 0 Å². The van der Waals surface area contributed by atoms with E-state index in [0.717, 1.165) is 44.3 Å². The van der Waals surface area contributed by atoms with Gasteiger partial charge in [0.15, 0.2) is 12.2 Å². The van der Waals surface area contributed by atoms with Gasteiger partial charge in [-0.15, -0.1) is 0 Å². The largest absolute Gasteiger partial charge is 0.480 e. The molecular weight excluding hydrogens is 428 g/mol. The lowest BCUT2D eigenvalue weighted by atomic mass is 9.74. The highest BCUT2D eigenvalue weighted by Crippen LogP contribution is 2.37. The van der Waals surface area contributed by atoms with Gasteiger partial charge in [0.05, 0.1) is 0 Å². The van der Waals surface area contributed by atoms with E-state index in [-0.39, 0.29) is 11.2 Å². The first-order chi connectivity index (χ1) is 15.5. The van der Waals surface area contributed by atoms with Gasteiger partial charge >= 0.3 is 11.9 Å². The molecule has 1 heterocycles. The SMILES string of the molecule is CCC1(c2cccc(OC(=O)C(O)C(O)C(=O)NC(C(=O)O)C(C)C)c2)CCCCN(C)C1. The van der Waals surface area contributed by atoms with E-state index in [1.54, 1.807) is 32.0 Å². The smallest absolute Gasteiger partial charge is 0.343 e. The van der Waals surface area contributed by atoms with E-state index in [2.05, 4.69) is 24.2 Å². The summed E-state index contributed by atoms with van der Waals surface area (Å²) in [6.45, 7) is 7.21. The highest BCUT2D eigenvalue weighted by Gasteiger charge is 2.36. The van der Waals surface area contributed by atoms with Gasteiger partial charge in [0.1, 0.15) is 11.8 Å². The summed E-state index contributed by atoms with van der Waals surface area (Å²) >= 11 is 0. The minimum absolute atomic E-state index is 0.0889. The van der Waals surface area contributed by atoms with Gasteiger partial charge in [0, 0.05) is 12.0 Å². The average molecular weight is 465 g/mol.